The van der Waals surface area contributed by atoms with Gasteiger partial charge in [0.05, 0.1) is 55.4 Å². The van der Waals surface area contributed by atoms with E-state index < -0.39 is 43.6 Å². The molecule has 17 heteroatoms. The number of hydrogen-bond acceptors (Lipinski definition) is 14. The molecule has 1 saturated heterocycles. The number of terminal acetylenes is 1. The Morgan fingerprint density at radius 1 is 1.06 bits per heavy atom. The predicted octanol–water partition coefficient (Wildman–Crippen LogP) is 4.03. The van der Waals surface area contributed by atoms with Crippen molar-refractivity contribution in [3.05, 3.63) is 76.8 Å². The first-order valence-electron chi connectivity index (χ1n) is 15.6. The van der Waals surface area contributed by atoms with Crippen LogP contribution < -0.4 is 10.5 Å². The number of carbonyl (C=O) groups excluding carboxylic acids is 2. The molecule has 1 aliphatic carbocycles. The fraction of sp³-hybridized carbons (Fsp3) is 0.364. The molecule has 50 heavy (non-hydrogen) atoms. The second-order valence-electron chi connectivity index (χ2n) is 11.4. The molecule has 0 radical (unpaired) electrons. The highest BCUT2D eigenvalue weighted by atomic mass is 35.5. The Balaban J connectivity index is 1.19. The topological polar surface area (TPSA) is 196 Å². The third kappa shape index (κ3) is 6.71. The van der Waals surface area contributed by atoms with Gasteiger partial charge >= 0.3 is 13.8 Å². The number of imidazole rings is 1. The standard InChI is InChI=1S/C33H33ClN5O10P/c1-4-15-44-22-13-11-20(12-14-22)25(40)19-7-9-21(10-8-19)31(42)45-17-33-26(39-18-36-24-29(35)37-32(34)38-30(24)39)28(33)49-23(27(33)41)16-48-50(43,46-5-2)47-6-3/h1,7-14,18,23,26-28,41H,5-6,15-17H2,2-3H3,(H2,35,37,38)/t23-,26?,27?,28+,33?/m1/s1. The van der Waals surface area contributed by atoms with Gasteiger partial charge in [-0.1, -0.05) is 18.1 Å². The first-order chi connectivity index (χ1) is 24.0. The van der Waals surface area contributed by atoms with E-state index in [0.29, 0.717) is 22.5 Å². The van der Waals surface area contributed by atoms with Gasteiger partial charge in [-0.15, -0.1) is 6.42 Å². The van der Waals surface area contributed by atoms with E-state index in [1.165, 1.54) is 30.6 Å². The van der Waals surface area contributed by atoms with Crippen LogP contribution in [0.1, 0.15) is 46.2 Å². The molecule has 6 rings (SSSR count). The largest absolute Gasteiger partial charge is 0.481 e. The van der Waals surface area contributed by atoms with Crippen LogP contribution in [0.3, 0.4) is 0 Å². The third-order valence-electron chi connectivity index (χ3n) is 8.45. The summed E-state index contributed by atoms with van der Waals surface area (Å²) in [6, 6.07) is 11.9. The van der Waals surface area contributed by atoms with Crippen LogP contribution in [0.4, 0.5) is 5.82 Å². The first-order valence-corrected chi connectivity index (χ1v) is 17.4. The van der Waals surface area contributed by atoms with E-state index in [0.717, 1.165) is 0 Å². The Morgan fingerprint density at radius 2 is 1.70 bits per heavy atom. The average molecular weight is 726 g/mol. The van der Waals surface area contributed by atoms with Gasteiger partial charge in [-0.2, -0.15) is 9.97 Å². The number of benzene rings is 2. The molecule has 2 aromatic carbocycles. The van der Waals surface area contributed by atoms with Gasteiger partial charge < -0.3 is 29.6 Å². The van der Waals surface area contributed by atoms with Crippen molar-refractivity contribution in [2.75, 3.05) is 38.8 Å². The molecule has 0 bridgehead atoms. The van der Waals surface area contributed by atoms with Crippen LogP contribution in [0, 0.1) is 17.8 Å². The summed E-state index contributed by atoms with van der Waals surface area (Å²) in [4.78, 5) is 38.8. The van der Waals surface area contributed by atoms with Crippen LogP contribution in [-0.4, -0.2) is 87.7 Å². The molecular formula is C33H33ClN5O10P. The minimum absolute atomic E-state index is 0.0633. The number of esters is 1. The molecule has 2 aliphatic rings. The van der Waals surface area contributed by atoms with Gasteiger partial charge in [0.25, 0.3) is 0 Å². The number of nitrogens with two attached hydrogens (primary N) is 1. The molecule has 0 spiro atoms. The Morgan fingerprint density at radius 3 is 2.34 bits per heavy atom. The fourth-order valence-corrected chi connectivity index (χ4v) is 7.43. The number of ether oxygens (including phenoxy) is 3. The molecular weight excluding hydrogens is 693 g/mol. The maximum Gasteiger partial charge on any atom is 0.474 e. The number of anilines is 1. The average Bonchev–Trinajstić information content (AvgIpc) is 3.36. The van der Waals surface area contributed by atoms with Gasteiger partial charge in [-0.25, -0.2) is 14.3 Å². The quantitative estimate of drug-likeness (QED) is 0.0586. The lowest BCUT2D eigenvalue weighted by molar-refractivity contribution is -0.0518. The fourth-order valence-electron chi connectivity index (χ4n) is 6.08. The van der Waals surface area contributed by atoms with Crippen LogP contribution in [0.25, 0.3) is 11.2 Å². The van der Waals surface area contributed by atoms with Crippen molar-refractivity contribution < 1.29 is 47.0 Å². The number of fused-ring (bicyclic) bond motifs is 2. The summed E-state index contributed by atoms with van der Waals surface area (Å²) in [7, 11) is -3.91. The second-order valence-corrected chi connectivity index (χ2v) is 13.4. The number of aliphatic hydroxyl groups excluding tert-OH is 1. The molecule has 1 aliphatic heterocycles. The van der Waals surface area contributed by atoms with Gasteiger partial charge in [0.1, 0.15) is 30.6 Å². The zero-order valence-corrected chi connectivity index (χ0v) is 28.6. The Bertz CT molecular complexity index is 1980. The summed E-state index contributed by atoms with van der Waals surface area (Å²) in [5.74, 6) is 2.02. The number of carbonyl (C=O) groups is 2. The highest BCUT2D eigenvalue weighted by Gasteiger charge is 2.78. The number of nitrogens with zero attached hydrogens (tertiary/aromatic N) is 4. The van der Waals surface area contributed by atoms with E-state index in [9.17, 15) is 19.3 Å². The summed E-state index contributed by atoms with van der Waals surface area (Å²) in [5.41, 5.74) is 6.34. The molecule has 3 N–H and O–H groups in total. The smallest absolute Gasteiger partial charge is 0.474 e. The van der Waals surface area contributed by atoms with Gasteiger partial charge in [-0.05, 0) is 61.8 Å². The molecule has 3 unspecified atom stereocenters. The third-order valence-corrected chi connectivity index (χ3v) is 10.2. The summed E-state index contributed by atoms with van der Waals surface area (Å²) >= 11 is 6.09. The van der Waals surface area contributed by atoms with E-state index in [1.54, 1.807) is 42.7 Å². The van der Waals surface area contributed by atoms with Crippen molar-refractivity contribution >= 4 is 48.2 Å². The van der Waals surface area contributed by atoms with Gasteiger partial charge in [0, 0.05) is 11.1 Å². The van der Waals surface area contributed by atoms with Crippen molar-refractivity contribution in [2.24, 2.45) is 5.41 Å². The minimum atomic E-state index is -3.91. The van der Waals surface area contributed by atoms with E-state index in [2.05, 4.69) is 20.9 Å². The second kappa shape index (κ2) is 14.5. The van der Waals surface area contributed by atoms with E-state index in [-0.39, 0.29) is 61.0 Å². The summed E-state index contributed by atoms with van der Waals surface area (Å²) in [6.45, 7) is 2.90. The Labute approximate surface area is 291 Å². The van der Waals surface area contributed by atoms with Crippen LogP contribution in [0.5, 0.6) is 5.75 Å². The van der Waals surface area contributed by atoms with Crippen molar-refractivity contribution in [2.45, 2.75) is 38.2 Å². The van der Waals surface area contributed by atoms with Crippen molar-refractivity contribution in [1.29, 1.82) is 0 Å². The van der Waals surface area contributed by atoms with E-state index in [4.69, 9.17) is 51.5 Å². The number of phosphoric ester groups is 1. The highest BCUT2D eigenvalue weighted by molar-refractivity contribution is 7.48. The highest BCUT2D eigenvalue weighted by Crippen LogP contribution is 2.67. The molecule has 5 atom stereocenters. The van der Waals surface area contributed by atoms with Crippen LogP contribution in [0.2, 0.25) is 5.28 Å². The van der Waals surface area contributed by atoms with Gasteiger partial charge in [0.2, 0.25) is 5.28 Å². The number of aromatic nitrogens is 4. The van der Waals surface area contributed by atoms with E-state index >= 15 is 0 Å². The molecule has 262 valence electrons. The Hall–Kier alpha value is -4.39. The number of rotatable bonds is 15. The van der Waals surface area contributed by atoms with Crippen LogP contribution >= 0.6 is 19.4 Å². The summed E-state index contributed by atoms with van der Waals surface area (Å²) < 4.78 is 47.7. The molecule has 15 nitrogen and oxygen atoms in total. The van der Waals surface area contributed by atoms with Gasteiger partial charge in [0.15, 0.2) is 17.2 Å². The van der Waals surface area contributed by atoms with E-state index in [1.807, 2.05) is 0 Å². The Kier molecular flexibility index (Phi) is 10.2. The molecule has 4 aromatic rings. The van der Waals surface area contributed by atoms with Crippen molar-refractivity contribution in [3.63, 3.8) is 0 Å². The number of hydrogen-bond donors (Lipinski definition) is 2. The maximum atomic E-state index is 13.3. The van der Waals surface area contributed by atoms with Crippen LogP contribution in [0.15, 0.2) is 54.9 Å². The van der Waals surface area contributed by atoms with Crippen molar-refractivity contribution in [1.82, 2.24) is 19.5 Å². The zero-order valence-electron chi connectivity index (χ0n) is 26.9. The lowest BCUT2D eigenvalue weighted by Gasteiger charge is -2.26. The predicted molar refractivity (Wildman–Crippen MR) is 179 cm³/mol. The summed E-state index contributed by atoms with van der Waals surface area (Å²) in [6.07, 6.45) is 3.70. The minimum Gasteiger partial charge on any atom is -0.481 e. The lowest BCUT2D eigenvalue weighted by Crippen LogP contribution is -2.39. The molecule has 2 aromatic heterocycles. The number of halogens is 1. The summed E-state index contributed by atoms with van der Waals surface area (Å²) in [5, 5.41) is 11.6. The number of phosphoric acid groups is 1. The molecule has 2 fully saturated rings. The maximum absolute atomic E-state index is 13.3. The normalized spacial score (nSPS) is 22.5. The SMILES string of the molecule is C#CCOc1ccc(C(=O)c2ccc(C(=O)OCC34C(O)[C@@H](COP(=O)(OCC)OCC)O[C@H]3C4n3cnc4c(N)nc(Cl)nc43)cc2)cc1. The lowest BCUT2D eigenvalue weighted by atomic mass is 9.96. The number of aliphatic hydroxyl groups is 1. The molecule has 0 amide bonds. The first kappa shape index (κ1) is 35.4. The zero-order chi connectivity index (χ0) is 35.6. The van der Waals surface area contributed by atoms with Crippen molar-refractivity contribution in [3.8, 4) is 18.1 Å². The number of nitrogen functional groups attached to an aromatic ring is 1. The van der Waals surface area contributed by atoms with Crippen LogP contribution in [-0.2, 0) is 27.6 Å². The number of ketones is 1. The monoisotopic (exact) mass is 725 g/mol. The molecule has 1 saturated carbocycles. The molecule has 3 heterocycles. The van der Waals surface area contributed by atoms with Gasteiger partial charge in [-0.3, -0.25) is 18.4 Å².